The van der Waals surface area contributed by atoms with Crippen molar-refractivity contribution in [3.05, 3.63) is 42.2 Å². The Labute approximate surface area is 153 Å². The van der Waals surface area contributed by atoms with Gasteiger partial charge in [0.1, 0.15) is 24.5 Å². The number of para-hydroxylation sites is 2. The molecule has 0 bridgehead atoms. The number of aryl methyl sites for hydroxylation is 2. The van der Waals surface area contributed by atoms with E-state index in [1.54, 1.807) is 6.33 Å². The quantitative estimate of drug-likeness (QED) is 0.496. The van der Waals surface area contributed by atoms with E-state index in [-0.39, 0.29) is 0 Å². The first-order valence-electron chi connectivity index (χ1n) is 9.02. The Hall–Kier alpha value is -2.90. The van der Waals surface area contributed by atoms with Crippen LogP contribution in [0.25, 0.3) is 11.0 Å². The van der Waals surface area contributed by atoms with Crippen molar-refractivity contribution in [2.24, 2.45) is 12.0 Å². The van der Waals surface area contributed by atoms with Gasteiger partial charge in [0.05, 0.1) is 11.0 Å². The summed E-state index contributed by atoms with van der Waals surface area (Å²) >= 11 is 0. The Bertz CT molecular complexity index is 876. The lowest BCUT2D eigenvalue weighted by atomic mass is 10.3. The first-order valence-corrected chi connectivity index (χ1v) is 9.02. The second-order valence-corrected chi connectivity index (χ2v) is 5.99. The fraction of sp³-hybridized carbons (Fsp3) is 0.444. The van der Waals surface area contributed by atoms with Crippen molar-refractivity contribution in [3.63, 3.8) is 0 Å². The minimum absolute atomic E-state index is 0.521. The van der Waals surface area contributed by atoms with E-state index >= 15 is 0 Å². The van der Waals surface area contributed by atoms with Crippen LogP contribution in [0, 0.1) is 0 Å². The van der Waals surface area contributed by atoms with Gasteiger partial charge in [-0.3, -0.25) is 0 Å². The fourth-order valence-electron chi connectivity index (χ4n) is 2.86. The number of nitrogens with zero attached hydrogens (tertiary/aromatic N) is 6. The van der Waals surface area contributed by atoms with Crippen LogP contribution >= 0.6 is 0 Å². The zero-order chi connectivity index (χ0) is 18.4. The summed E-state index contributed by atoms with van der Waals surface area (Å²) in [6.45, 7) is 7.01. The van der Waals surface area contributed by atoms with Crippen LogP contribution in [-0.4, -0.2) is 43.4 Å². The van der Waals surface area contributed by atoms with E-state index in [0.717, 1.165) is 54.7 Å². The molecule has 8 nitrogen and oxygen atoms in total. The molecule has 3 rings (SSSR count). The molecule has 0 radical (unpaired) electrons. The van der Waals surface area contributed by atoms with Crippen LogP contribution in [0.1, 0.15) is 25.5 Å². The number of imidazole rings is 1. The van der Waals surface area contributed by atoms with E-state index in [9.17, 15) is 0 Å². The molecule has 3 aromatic rings. The zero-order valence-corrected chi connectivity index (χ0v) is 15.6. The van der Waals surface area contributed by atoms with Crippen LogP contribution in [0.2, 0.25) is 0 Å². The summed E-state index contributed by atoms with van der Waals surface area (Å²) in [6.07, 6.45) is 2.64. The summed E-state index contributed by atoms with van der Waals surface area (Å²) in [7, 11) is 2.03. The standard InChI is InChI=1S/C18H26N8/c1-4-16-24-22-13-26(16)11-10-20-18(19-5-2)21-12-17-23-14-8-6-7-9-15(14)25(17)3/h6-9,13H,4-5,10-12H2,1-3H3,(H2,19,20,21). The number of aliphatic imine (C=N–C) groups is 1. The normalized spacial score (nSPS) is 11.9. The third kappa shape index (κ3) is 4.01. The maximum absolute atomic E-state index is 4.67. The molecule has 0 aliphatic carbocycles. The topological polar surface area (TPSA) is 85.0 Å². The number of fused-ring (bicyclic) bond motifs is 1. The lowest BCUT2D eigenvalue weighted by Gasteiger charge is -2.12. The SMILES string of the molecule is CCNC(=NCc1nc2ccccc2n1C)NCCn1cnnc1CC. The predicted octanol–water partition coefficient (Wildman–Crippen LogP) is 1.48. The van der Waals surface area contributed by atoms with Gasteiger partial charge in [-0.1, -0.05) is 19.1 Å². The van der Waals surface area contributed by atoms with Crippen molar-refractivity contribution >= 4 is 17.0 Å². The van der Waals surface area contributed by atoms with Crippen molar-refractivity contribution in [1.29, 1.82) is 0 Å². The summed E-state index contributed by atoms with van der Waals surface area (Å²) in [6, 6.07) is 8.13. The van der Waals surface area contributed by atoms with Crippen molar-refractivity contribution in [2.45, 2.75) is 33.4 Å². The third-order valence-electron chi connectivity index (χ3n) is 4.26. The number of aromatic nitrogens is 5. The lowest BCUT2D eigenvalue weighted by molar-refractivity contribution is 0.632. The van der Waals surface area contributed by atoms with Gasteiger partial charge in [0.15, 0.2) is 5.96 Å². The monoisotopic (exact) mass is 354 g/mol. The number of benzene rings is 1. The highest BCUT2D eigenvalue weighted by atomic mass is 15.3. The Morgan fingerprint density at radius 2 is 2.00 bits per heavy atom. The third-order valence-corrected chi connectivity index (χ3v) is 4.26. The van der Waals surface area contributed by atoms with Crippen LogP contribution in [0.15, 0.2) is 35.6 Å². The highest BCUT2D eigenvalue weighted by Gasteiger charge is 2.07. The Kier molecular flexibility index (Phi) is 5.83. The number of nitrogens with one attached hydrogen (secondary N) is 2. The van der Waals surface area contributed by atoms with E-state index in [4.69, 9.17) is 0 Å². The molecule has 0 fully saturated rings. The van der Waals surface area contributed by atoms with Crippen LogP contribution in [-0.2, 0) is 26.6 Å². The number of hydrogen-bond donors (Lipinski definition) is 2. The predicted molar refractivity (Wildman–Crippen MR) is 103 cm³/mol. The molecule has 0 atom stereocenters. The molecule has 2 N–H and O–H groups in total. The molecule has 2 heterocycles. The summed E-state index contributed by atoms with van der Waals surface area (Å²) in [5.41, 5.74) is 2.12. The van der Waals surface area contributed by atoms with Gasteiger partial charge in [0, 0.05) is 33.1 Å². The maximum Gasteiger partial charge on any atom is 0.191 e. The van der Waals surface area contributed by atoms with E-state index in [2.05, 4.69) is 59.9 Å². The summed E-state index contributed by atoms with van der Waals surface area (Å²) < 4.78 is 4.15. The zero-order valence-electron chi connectivity index (χ0n) is 15.6. The van der Waals surface area contributed by atoms with Crippen LogP contribution < -0.4 is 10.6 Å². The minimum Gasteiger partial charge on any atom is -0.357 e. The van der Waals surface area contributed by atoms with E-state index in [1.165, 1.54) is 0 Å². The molecule has 0 spiro atoms. The van der Waals surface area contributed by atoms with E-state index in [1.807, 2.05) is 25.2 Å². The fourth-order valence-corrected chi connectivity index (χ4v) is 2.86. The molecule has 0 unspecified atom stereocenters. The Morgan fingerprint density at radius 3 is 2.77 bits per heavy atom. The molecule has 0 aliphatic heterocycles. The molecule has 0 amide bonds. The molecule has 138 valence electrons. The average Bonchev–Trinajstić information content (AvgIpc) is 3.24. The number of rotatable bonds is 7. The first kappa shape index (κ1) is 17.9. The van der Waals surface area contributed by atoms with Crippen LogP contribution in [0.4, 0.5) is 0 Å². The molecule has 26 heavy (non-hydrogen) atoms. The summed E-state index contributed by atoms with van der Waals surface area (Å²) in [4.78, 5) is 9.34. The van der Waals surface area contributed by atoms with Crippen LogP contribution in [0.3, 0.4) is 0 Å². The molecular formula is C18H26N8. The van der Waals surface area contributed by atoms with Gasteiger partial charge in [-0.25, -0.2) is 9.98 Å². The Morgan fingerprint density at radius 1 is 1.15 bits per heavy atom. The highest BCUT2D eigenvalue weighted by Crippen LogP contribution is 2.14. The minimum atomic E-state index is 0.521. The molecule has 2 aromatic heterocycles. The van der Waals surface area contributed by atoms with Crippen molar-refractivity contribution in [3.8, 4) is 0 Å². The van der Waals surface area contributed by atoms with Crippen molar-refractivity contribution in [2.75, 3.05) is 13.1 Å². The van der Waals surface area contributed by atoms with Crippen molar-refractivity contribution < 1.29 is 0 Å². The number of guanidine groups is 1. The largest absolute Gasteiger partial charge is 0.357 e. The van der Waals surface area contributed by atoms with E-state index < -0.39 is 0 Å². The highest BCUT2D eigenvalue weighted by molar-refractivity contribution is 5.80. The van der Waals surface area contributed by atoms with Crippen molar-refractivity contribution in [1.82, 2.24) is 34.9 Å². The maximum atomic E-state index is 4.67. The second kappa shape index (κ2) is 8.46. The first-order chi connectivity index (χ1) is 12.7. The molecule has 0 saturated carbocycles. The molecule has 0 saturated heterocycles. The summed E-state index contributed by atoms with van der Waals surface area (Å²) in [5.74, 6) is 2.72. The van der Waals surface area contributed by atoms with Gasteiger partial charge in [0.25, 0.3) is 0 Å². The smallest absolute Gasteiger partial charge is 0.191 e. The number of hydrogen-bond acceptors (Lipinski definition) is 4. The van der Waals surface area contributed by atoms with E-state index in [0.29, 0.717) is 6.54 Å². The summed E-state index contributed by atoms with van der Waals surface area (Å²) in [5, 5.41) is 14.7. The lowest BCUT2D eigenvalue weighted by Crippen LogP contribution is -2.39. The molecule has 1 aromatic carbocycles. The molecule has 0 aliphatic rings. The van der Waals surface area contributed by atoms with Gasteiger partial charge < -0.3 is 19.8 Å². The van der Waals surface area contributed by atoms with Gasteiger partial charge >= 0.3 is 0 Å². The van der Waals surface area contributed by atoms with Gasteiger partial charge in [0.2, 0.25) is 0 Å². The van der Waals surface area contributed by atoms with Gasteiger partial charge in [-0.2, -0.15) is 0 Å². The van der Waals surface area contributed by atoms with Gasteiger partial charge in [-0.15, -0.1) is 10.2 Å². The molecule has 8 heteroatoms. The average molecular weight is 354 g/mol. The van der Waals surface area contributed by atoms with Gasteiger partial charge in [-0.05, 0) is 19.1 Å². The Balaban J connectivity index is 1.63. The second-order valence-electron chi connectivity index (χ2n) is 5.99. The van der Waals surface area contributed by atoms with Crippen LogP contribution in [0.5, 0.6) is 0 Å². The molecular weight excluding hydrogens is 328 g/mol.